The number of hydrogen-bond acceptors (Lipinski definition) is 4. The molecule has 1 aliphatic rings. The highest BCUT2D eigenvalue weighted by Gasteiger charge is 2.31. The fourth-order valence-corrected chi connectivity index (χ4v) is 4.44. The van der Waals surface area contributed by atoms with Crippen molar-refractivity contribution in [2.75, 3.05) is 32.7 Å². The molecule has 1 amide bonds. The first-order chi connectivity index (χ1) is 10.4. The summed E-state index contributed by atoms with van der Waals surface area (Å²) in [5.74, 6) is -0.0552. The molecule has 1 saturated heterocycles. The number of piperazine rings is 1. The molecule has 0 radical (unpaired) electrons. The lowest BCUT2D eigenvalue weighted by Crippen LogP contribution is -2.50. The van der Waals surface area contributed by atoms with Gasteiger partial charge in [0.1, 0.15) is 4.90 Å². The normalized spacial score (nSPS) is 16.0. The molecule has 0 saturated carbocycles. The van der Waals surface area contributed by atoms with Crippen LogP contribution in [0.2, 0.25) is 10.0 Å². The summed E-state index contributed by atoms with van der Waals surface area (Å²) in [5.41, 5.74) is 5.36. The molecule has 130 valence electrons. The Morgan fingerprint density at radius 1 is 1.17 bits per heavy atom. The van der Waals surface area contributed by atoms with Crippen LogP contribution in [-0.2, 0) is 14.8 Å². The summed E-state index contributed by atoms with van der Waals surface area (Å²) in [4.78, 5) is 13.4. The third-order valence-electron chi connectivity index (χ3n) is 3.48. The number of halogens is 3. The zero-order valence-electron chi connectivity index (χ0n) is 12.2. The Labute approximate surface area is 152 Å². The molecule has 10 heteroatoms. The summed E-state index contributed by atoms with van der Waals surface area (Å²) in [6, 6.07) is 4.50. The molecule has 6 nitrogen and oxygen atoms in total. The van der Waals surface area contributed by atoms with Crippen molar-refractivity contribution in [3.05, 3.63) is 28.2 Å². The van der Waals surface area contributed by atoms with Crippen molar-refractivity contribution in [3.8, 4) is 0 Å². The van der Waals surface area contributed by atoms with Crippen LogP contribution in [0.25, 0.3) is 0 Å². The Balaban J connectivity index is 0.00000264. The van der Waals surface area contributed by atoms with Crippen molar-refractivity contribution in [2.24, 2.45) is 5.73 Å². The summed E-state index contributed by atoms with van der Waals surface area (Å²) >= 11 is 11.9. The van der Waals surface area contributed by atoms with Crippen LogP contribution in [0.1, 0.15) is 6.42 Å². The van der Waals surface area contributed by atoms with E-state index in [4.69, 9.17) is 28.9 Å². The monoisotopic (exact) mass is 401 g/mol. The van der Waals surface area contributed by atoms with Crippen LogP contribution >= 0.6 is 35.6 Å². The molecular weight excluding hydrogens is 385 g/mol. The number of benzene rings is 1. The summed E-state index contributed by atoms with van der Waals surface area (Å²) < 4.78 is 26.6. The molecule has 0 unspecified atom stereocenters. The third-order valence-corrected chi connectivity index (χ3v) is 6.36. The van der Waals surface area contributed by atoms with Crippen LogP contribution in [0.4, 0.5) is 0 Å². The molecule has 0 spiro atoms. The molecule has 0 aliphatic carbocycles. The smallest absolute Gasteiger partial charge is 0.244 e. The topological polar surface area (TPSA) is 83.7 Å². The standard InChI is InChI=1S/C13H17Cl2N3O3S.ClH/c14-10-2-1-3-11(13(10)15)22(20,21)18-8-6-17(7-9-18)12(19)4-5-16;/h1-3H,4-9,16H2;1H. The molecule has 0 bridgehead atoms. The maximum atomic E-state index is 12.6. The van der Waals surface area contributed by atoms with Crippen LogP contribution in [0.3, 0.4) is 0 Å². The quantitative estimate of drug-likeness (QED) is 0.829. The molecule has 0 atom stereocenters. The van der Waals surface area contributed by atoms with Gasteiger partial charge in [0.2, 0.25) is 15.9 Å². The predicted molar refractivity (Wildman–Crippen MR) is 92.7 cm³/mol. The van der Waals surface area contributed by atoms with Gasteiger partial charge in [-0.15, -0.1) is 12.4 Å². The molecule has 2 N–H and O–H groups in total. The second kappa shape index (κ2) is 8.50. The molecular formula is C13H18Cl3N3O3S. The van der Waals surface area contributed by atoms with Crippen molar-refractivity contribution in [1.82, 2.24) is 9.21 Å². The van der Waals surface area contributed by atoms with Gasteiger partial charge in [-0.25, -0.2) is 8.42 Å². The number of hydrogen-bond donors (Lipinski definition) is 1. The summed E-state index contributed by atoms with van der Waals surface area (Å²) in [6.45, 7) is 1.42. The minimum Gasteiger partial charge on any atom is -0.340 e. The van der Waals surface area contributed by atoms with Gasteiger partial charge >= 0.3 is 0 Å². The van der Waals surface area contributed by atoms with Crippen molar-refractivity contribution >= 4 is 51.5 Å². The van der Waals surface area contributed by atoms with Gasteiger partial charge in [0.25, 0.3) is 0 Å². The van der Waals surface area contributed by atoms with Crippen molar-refractivity contribution in [3.63, 3.8) is 0 Å². The van der Waals surface area contributed by atoms with Gasteiger partial charge in [-0.2, -0.15) is 4.31 Å². The molecule has 1 fully saturated rings. The maximum absolute atomic E-state index is 12.6. The Morgan fingerprint density at radius 3 is 2.35 bits per heavy atom. The minimum absolute atomic E-state index is 0. The number of rotatable bonds is 4. The molecule has 0 aromatic heterocycles. The fourth-order valence-electron chi connectivity index (χ4n) is 2.28. The lowest BCUT2D eigenvalue weighted by atomic mass is 10.3. The van der Waals surface area contributed by atoms with Gasteiger partial charge in [-0.3, -0.25) is 4.79 Å². The van der Waals surface area contributed by atoms with Crippen molar-refractivity contribution in [1.29, 1.82) is 0 Å². The van der Waals surface area contributed by atoms with Gasteiger partial charge in [0, 0.05) is 39.1 Å². The highest BCUT2D eigenvalue weighted by molar-refractivity contribution is 7.89. The number of carbonyl (C=O) groups is 1. The fraction of sp³-hybridized carbons (Fsp3) is 0.462. The van der Waals surface area contributed by atoms with Crippen molar-refractivity contribution < 1.29 is 13.2 Å². The van der Waals surface area contributed by atoms with E-state index in [0.717, 1.165) is 0 Å². The molecule has 1 heterocycles. The molecule has 23 heavy (non-hydrogen) atoms. The maximum Gasteiger partial charge on any atom is 0.244 e. The van der Waals surface area contributed by atoms with Gasteiger partial charge in [-0.1, -0.05) is 29.3 Å². The first-order valence-electron chi connectivity index (χ1n) is 6.80. The van der Waals surface area contributed by atoms with Gasteiger partial charge in [0.15, 0.2) is 0 Å². The second-order valence-electron chi connectivity index (χ2n) is 4.88. The van der Waals surface area contributed by atoms with Crippen LogP contribution in [0, 0.1) is 0 Å². The highest BCUT2D eigenvalue weighted by atomic mass is 35.5. The SMILES string of the molecule is Cl.NCCC(=O)N1CCN(S(=O)(=O)c2cccc(Cl)c2Cl)CC1. The Hall–Kier alpha value is -0.570. The van der Waals surface area contributed by atoms with E-state index in [1.807, 2.05) is 0 Å². The average Bonchev–Trinajstić information content (AvgIpc) is 2.50. The molecule has 2 rings (SSSR count). The first kappa shape index (κ1) is 20.5. The number of nitrogens with zero attached hydrogens (tertiary/aromatic N) is 2. The van der Waals surface area contributed by atoms with E-state index < -0.39 is 10.0 Å². The Bertz CT molecular complexity index is 662. The second-order valence-corrected chi connectivity index (χ2v) is 7.57. The predicted octanol–water partition coefficient (Wildman–Crippen LogP) is 1.60. The lowest BCUT2D eigenvalue weighted by Gasteiger charge is -2.34. The zero-order valence-corrected chi connectivity index (χ0v) is 15.4. The van der Waals surface area contributed by atoms with E-state index in [-0.39, 0.29) is 59.3 Å². The molecule has 1 aliphatic heterocycles. The van der Waals surface area contributed by atoms with Crippen LogP contribution in [0.15, 0.2) is 23.1 Å². The number of sulfonamides is 1. The Kier molecular flexibility index (Phi) is 7.57. The molecule has 1 aromatic carbocycles. The van der Waals surface area contributed by atoms with Gasteiger partial charge < -0.3 is 10.6 Å². The third kappa shape index (κ3) is 4.49. The largest absolute Gasteiger partial charge is 0.340 e. The van der Waals surface area contributed by atoms with E-state index in [2.05, 4.69) is 0 Å². The number of carbonyl (C=O) groups excluding carboxylic acids is 1. The summed E-state index contributed by atoms with van der Waals surface area (Å²) in [5, 5.41) is 0.213. The average molecular weight is 403 g/mol. The van der Waals surface area contributed by atoms with Crippen LogP contribution < -0.4 is 5.73 Å². The minimum atomic E-state index is -3.72. The number of nitrogens with two attached hydrogens (primary N) is 1. The van der Waals surface area contributed by atoms with E-state index in [1.165, 1.54) is 16.4 Å². The van der Waals surface area contributed by atoms with E-state index in [1.54, 1.807) is 11.0 Å². The van der Waals surface area contributed by atoms with Crippen LogP contribution in [-0.4, -0.2) is 56.3 Å². The first-order valence-corrected chi connectivity index (χ1v) is 8.99. The Morgan fingerprint density at radius 2 is 1.78 bits per heavy atom. The van der Waals surface area contributed by atoms with E-state index >= 15 is 0 Å². The summed E-state index contributed by atoms with van der Waals surface area (Å²) in [6.07, 6.45) is 0.271. The highest BCUT2D eigenvalue weighted by Crippen LogP contribution is 2.31. The van der Waals surface area contributed by atoms with Gasteiger partial charge in [0.05, 0.1) is 10.0 Å². The number of amides is 1. The zero-order chi connectivity index (χ0) is 16.3. The van der Waals surface area contributed by atoms with Crippen LogP contribution in [0.5, 0.6) is 0 Å². The van der Waals surface area contributed by atoms with Gasteiger partial charge in [-0.05, 0) is 12.1 Å². The lowest BCUT2D eigenvalue weighted by molar-refractivity contribution is -0.132. The molecule has 1 aromatic rings. The van der Waals surface area contributed by atoms with Crippen molar-refractivity contribution in [2.45, 2.75) is 11.3 Å². The van der Waals surface area contributed by atoms with E-state index in [0.29, 0.717) is 13.1 Å². The van der Waals surface area contributed by atoms with E-state index in [9.17, 15) is 13.2 Å². The summed E-state index contributed by atoms with van der Waals surface area (Å²) in [7, 11) is -3.72.